The zero-order valence-electron chi connectivity index (χ0n) is 12.7. The van der Waals surface area contributed by atoms with E-state index in [4.69, 9.17) is 14.9 Å². The summed E-state index contributed by atoms with van der Waals surface area (Å²) in [5, 5.41) is 18.9. The van der Waals surface area contributed by atoms with Gasteiger partial charge in [-0.05, 0) is 25.0 Å². The smallest absolute Gasteiger partial charge is 0.328 e. The van der Waals surface area contributed by atoms with E-state index >= 15 is 0 Å². The van der Waals surface area contributed by atoms with E-state index in [2.05, 4.69) is 37.4 Å². The summed E-state index contributed by atoms with van der Waals surface area (Å²) in [6.07, 6.45) is 1.12. The third-order valence-corrected chi connectivity index (χ3v) is 3.11. The Bertz CT molecular complexity index is 513. The first-order valence-corrected chi connectivity index (χ1v) is 6.93. The van der Waals surface area contributed by atoms with Gasteiger partial charge in [0, 0.05) is 31.2 Å². The van der Waals surface area contributed by atoms with Crippen molar-refractivity contribution in [2.75, 3.05) is 19.7 Å². The van der Waals surface area contributed by atoms with Crippen LogP contribution in [0.5, 0.6) is 5.75 Å². The van der Waals surface area contributed by atoms with Gasteiger partial charge in [-0.3, -0.25) is 0 Å². The fourth-order valence-electron chi connectivity index (χ4n) is 1.84. The van der Waals surface area contributed by atoms with Crippen molar-refractivity contribution < 1.29 is 24.5 Å². The minimum absolute atomic E-state index is 0.558. The summed E-state index contributed by atoms with van der Waals surface area (Å²) in [7, 11) is 0. The Morgan fingerprint density at radius 1 is 1.18 bits per heavy atom. The van der Waals surface area contributed by atoms with Gasteiger partial charge in [-0.1, -0.05) is 18.2 Å². The van der Waals surface area contributed by atoms with E-state index in [0.29, 0.717) is 18.1 Å². The number of ether oxygens (including phenoxy) is 1. The molecule has 0 amide bonds. The lowest BCUT2D eigenvalue weighted by molar-refractivity contribution is -0.134. The molecule has 1 aliphatic rings. The van der Waals surface area contributed by atoms with Crippen molar-refractivity contribution in [3.8, 4) is 5.75 Å². The molecule has 120 valence electrons. The Morgan fingerprint density at radius 2 is 1.68 bits per heavy atom. The second kappa shape index (κ2) is 8.84. The van der Waals surface area contributed by atoms with Crippen LogP contribution in [-0.2, 0) is 9.59 Å². The van der Waals surface area contributed by atoms with E-state index in [9.17, 15) is 9.59 Å². The number of carboxylic acid groups (broad SMARTS) is 2. The fraction of sp³-hybridized carbons (Fsp3) is 0.375. The topological polar surface area (TPSA) is 95.9 Å². The molecule has 6 heteroatoms. The molecule has 2 rings (SSSR count). The van der Waals surface area contributed by atoms with Crippen molar-refractivity contribution in [1.82, 2.24) is 5.32 Å². The Hall–Kier alpha value is -2.34. The first-order valence-electron chi connectivity index (χ1n) is 6.93. The fourth-order valence-corrected chi connectivity index (χ4v) is 1.84. The molecule has 6 nitrogen and oxygen atoms in total. The van der Waals surface area contributed by atoms with Crippen LogP contribution in [0.25, 0.3) is 0 Å². The lowest BCUT2D eigenvalue weighted by Gasteiger charge is -2.27. The molecule has 0 aromatic heterocycles. The van der Waals surface area contributed by atoms with Crippen LogP contribution in [0, 0.1) is 19.8 Å². The van der Waals surface area contributed by atoms with Crippen molar-refractivity contribution in [3.63, 3.8) is 0 Å². The van der Waals surface area contributed by atoms with Crippen molar-refractivity contribution in [2.45, 2.75) is 13.8 Å². The lowest BCUT2D eigenvalue weighted by atomic mass is 10.1. The summed E-state index contributed by atoms with van der Waals surface area (Å²) in [6, 6.07) is 6.27. The largest absolute Gasteiger partial charge is 0.493 e. The average molecular weight is 307 g/mol. The summed E-state index contributed by atoms with van der Waals surface area (Å²) < 4.78 is 5.83. The van der Waals surface area contributed by atoms with Crippen molar-refractivity contribution in [2.24, 2.45) is 5.92 Å². The van der Waals surface area contributed by atoms with Gasteiger partial charge in [-0.2, -0.15) is 0 Å². The highest BCUT2D eigenvalue weighted by molar-refractivity contribution is 5.89. The van der Waals surface area contributed by atoms with Crippen LogP contribution in [0.1, 0.15) is 11.1 Å². The second-order valence-corrected chi connectivity index (χ2v) is 5.07. The summed E-state index contributed by atoms with van der Waals surface area (Å²) >= 11 is 0. The maximum absolute atomic E-state index is 9.55. The summed E-state index contributed by atoms with van der Waals surface area (Å²) in [5.41, 5.74) is 2.47. The van der Waals surface area contributed by atoms with E-state index < -0.39 is 11.9 Å². The van der Waals surface area contributed by atoms with Crippen LogP contribution in [0.3, 0.4) is 0 Å². The van der Waals surface area contributed by atoms with Gasteiger partial charge < -0.3 is 20.3 Å². The van der Waals surface area contributed by atoms with Crippen molar-refractivity contribution >= 4 is 11.9 Å². The normalized spacial score (nSPS) is 13.9. The molecule has 0 radical (unpaired) electrons. The van der Waals surface area contributed by atoms with Gasteiger partial charge in [0.2, 0.25) is 0 Å². The van der Waals surface area contributed by atoms with E-state index in [-0.39, 0.29) is 0 Å². The van der Waals surface area contributed by atoms with Gasteiger partial charge in [-0.25, -0.2) is 9.59 Å². The molecule has 0 spiro atoms. The molecule has 1 aromatic carbocycles. The van der Waals surface area contributed by atoms with E-state index in [1.165, 1.54) is 11.1 Å². The number of rotatable bonds is 5. The number of benzene rings is 1. The highest BCUT2D eigenvalue weighted by Gasteiger charge is 2.17. The zero-order chi connectivity index (χ0) is 16.5. The van der Waals surface area contributed by atoms with Gasteiger partial charge in [0.25, 0.3) is 0 Å². The third-order valence-electron chi connectivity index (χ3n) is 3.11. The zero-order valence-corrected chi connectivity index (χ0v) is 12.7. The van der Waals surface area contributed by atoms with Crippen LogP contribution in [0.15, 0.2) is 30.4 Å². The predicted octanol–water partition coefficient (Wildman–Crippen LogP) is 1.61. The molecule has 1 aromatic rings. The molecule has 3 N–H and O–H groups in total. The van der Waals surface area contributed by atoms with Crippen LogP contribution in [0.4, 0.5) is 0 Å². The minimum Gasteiger partial charge on any atom is -0.493 e. The van der Waals surface area contributed by atoms with Crippen LogP contribution in [-0.4, -0.2) is 41.8 Å². The Labute approximate surface area is 129 Å². The van der Waals surface area contributed by atoms with Crippen LogP contribution >= 0.6 is 0 Å². The minimum atomic E-state index is -1.26. The summed E-state index contributed by atoms with van der Waals surface area (Å²) in [5.74, 6) is -0.742. The SMILES string of the molecule is Cc1cccc(C)c1OCC1CNC1.O=C(O)/C=C\C(=O)O. The highest BCUT2D eigenvalue weighted by atomic mass is 16.5. The molecule has 22 heavy (non-hydrogen) atoms. The number of aryl methyl sites for hydroxylation is 2. The maximum Gasteiger partial charge on any atom is 0.328 e. The standard InChI is InChI=1S/C12H17NO.C4H4O4/c1-9-4-3-5-10(2)12(9)14-8-11-6-13-7-11;5-3(6)1-2-4(7)8/h3-5,11,13H,6-8H2,1-2H3;1-2H,(H,5,6)(H,7,8)/b;2-1-. The molecule has 1 aliphatic heterocycles. The number of hydrogen-bond acceptors (Lipinski definition) is 4. The van der Waals surface area contributed by atoms with Gasteiger partial charge >= 0.3 is 11.9 Å². The lowest BCUT2D eigenvalue weighted by Crippen LogP contribution is -2.45. The van der Waals surface area contributed by atoms with Gasteiger partial charge in [0.1, 0.15) is 5.75 Å². The predicted molar refractivity (Wildman–Crippen MR) is 82.2 cm³/mol. The first-order chi connectivity index (χ1) is 10.4. The molecule has 0 saturated carbocycles. The number of carboxylic acids is 2. The van der Waals surface area contributed by atoms with Crippen molar-refractivity contribution in [3.05, 3.63) is 41.5 Å². The van der Waals surface area contributed by atoms with Gasteiger partial charge in [-0.15, -0.1) is 0 Å². The number of carbonyl (C=O) groups is 2. The molecule has 0 unspecified atom stereocenters. The number of nitrogens with one attached hydrogen (secondary N) is 1. The van der Waals surface area contributed by atoms with E-state index in [1.807, 2.05) is 0 Å². The molecular weight excluding hydrogens is 286 g/mol. The molecule has 1 heterocycles. The number of hydrogen-bond donors (Lipinski definition) is 3. The number of aliphatic carboxylic acids is 2. The molecule has 1 saturated heterocycles. The average Bonchev–Trinajstić information content (AvgIpc) is 2.38. The molecule has 0 bridgehead atoms. The molecule has 0 aliphatic carbocycles. The Morgan fingerprint density at radius 3 is 2.05 bits per heavy atom. The number of para-hydroxylation sites is 1. The first kappa shape index (κ1) is 17.7. The monoisotopic (exact) mass is 307 g/mol. The Kier molecular flexibility index (Phi) is 7.12. The third kappa shape index (κ3) is 6.41. The summed E-state index contributed by atoms with van der Waals surface area (Å²) in [6.45, 7) is 7.25. The molecule has 0 atom stereocenters. The second-order valence-electron chi connectivity index (χ2n) is 5.07. The summed E-state index contributed by atoms with van der Waals surface area (Å²) in [4.78, 5) is 19.1. The maximum atomic E-state index is 9.55. The van der Waals surface area contributed by atoms with Gasteiger partial charge in [0.15, 0.2) is 0 Å². The van der Waals surface area contributed by atoms with E-state index in [1.54, 1.807) is 0 Å². The Balaban J connectivity index is 0.000000261. The molecular formula is C16H21NO5. The van der Waals surface area contributed by atoms with Gasteiger partial charge in [0.05, 0.1) is 6.61 Å². The van der Waals surface area contributed by atoms with Crippen molar-refractivity contribution in [1.29, 1.82) is 0 Å². The van der Waals surface area contributed by atoms with Crippen LogP contribution in [0.2, 0.25) is 0 Å². The molecule has 1 fully saturated rings. The van der Waals surface area contributed by atoms with E-state index in [0.717, 1.165) is 25.4 Å². The quantitative estimate of drug-likeness (QED) is 0.715. The highest BCUT2D eigenvalue weighted by Crippen LogP contribution is 2.23. The van der Waals surface area contributed by atoms with Crippen LogP contribution < -0.4 is 10.1 Å².